The lowest BCUT2D eigenvalue weighted by Gasteiger charge is -2.34. The zero-order valence-corrected chi connectivity index (χ0v) is 15.9. The zero-order chi connectivity index (χ0) is 17.4. The highest BCUT2D eigenvalue weighted by Crippen LogP contribution is 2.29. The molecule has 1 aromatic rings. The number of hydrogen-bond donors (Lipinski definition) is 1. The van der Waals surface area contributed by atoms with Crippen molar-refractivity contribution < 1.29 is 14.3 Å². The van der Waals surface area contributed by atoms with E-state index in [2.05, 4.69) is 18.8 Å². The van der Waals surface area contributed by atoms with Crippen LogP contribution in [0.25, 0.3) is 0 Å². The second kappa shape index (κ2) is 11.0. The summed E-state index contributed by atoms with van der Waals surface area (Å²) in [5.41, 5.74) is 0.643. The molecule has 1 aromatic carbocycles. The van der Waals surface area contributed by atoms with Gasteiger partial charge in [0.1, 0.15) is 6.61 Å². The fourth-order valence-electron chi connectivity index (χ4n) is 3.04. The SMILES string of the molecule is C=CCOc1ccc(C(=O)N(CCC)C2CCNCC2)cc1OC.Cl. The average Bonchev–Trinajstić information content (AvgIpc) is 2.64. The number of piperidine rings is 1. The molecule has 1 aliphatic heterocycles. The molecule has 1 N–H and O–H groups in total. The Kier molecular flexibility index (Phi) is 9.39. The van der Waals surface area contributed by atoms with E-state index in [9.17, 15) is 4.79 Å². The van der Waals surface area contributed by atoms with Gasteiger partial charge in [0.15, 0.2) is 11.5 Å². The van der Waals surface area contributed by atoms with E-state index in [-0.39, 0.29) is 18.3 Å². The zero-order valence-electron chi connectivity index (χ0n) is 15.1. The minimum Gasteiger partial charge on any atom is -0.493 e. The highest BCUT2D eigenvalue weighted by Gasteiger charge is 2.26. The molecule has 2 rings (SSSR count). The number of halogens is 1. The van der Waals surface area contributed by atoms with Crippen LogP contribution in [0.2, 0.25) is 0 Å². The van der Waals surface area contributed by atoms with Gasteiger partial charge in [0.05, 0.1) is 7.11 Å². The van der Waals surface area contributed by atoms with Gasteiger partial charge in [-0.2, -0.15) is 0 Å². The monoisotopic (exact) mass is 368 g/mol. The van der Waals surface area contributed by atoms with Crippen LogP contribution < -0.4 is 14.8 Å². The van der Waals surface area contributed by atoms with Gasteiger partial charge in [0, 0.05) is 18.2 Å². The van der Waals surface area contributed by atoms with Crippen molar-refractivity contribution >= 4 is 18.3 Å². The Morgan fingerprint density at radius 1 is 1.36 bits per heavy atom. The Bertz CT molecular complexity index is 560. The van der Waals surface area contributed by atoms with Crippen LogP contribution in [0.15, 0.2) is 30.9 Å². The highest BCUT2D eigenvalue weighted by molar-refractivity contribution is 5.95. The van der Waals surface area contributed by atoms with Gasteiger partial charge in [0.25, 0.3) is 5.91 Å². The molecule has 0 spiro atoms. The summed E-state index contributed by atoms with van der Waals surface area (Å²) in [5.74, 6) is 1.26. The molecule has 140 valence electrons. The van der Waals surface area contributed by atoms with Gasteiger partial charge in [-0.15, -0.1) is 12.4 Å². The minimum atomic E-state index is 0. The third kappa shape index (κ3) is 5.65. The van der Waals surface area contributed by atoms with E-state index >= 15 is 0 Å². The first-order valence-corrected chi connectivity index (χ1v) is 8.64. The van der Waals surface area contributed by atoms with E-state index in [1.807, 2.05) is 11.0 Å². The number of hydrogen-bond acceptors (Lipinski definition) is 4. The number of benzene rings is 1. The third-order valence-electron chi connectivity index (χ3n) is 4.24. The molecular weight excluding hydrogens is 340 g/mol. The molecule has 1 aliphatic rings. The Balaban J connectivity index is 0.00000312. The molecule has 1 fully saturated rings. The van der Waals surface area contributed by atoms with Crippen LogP contribution in [0.4, 0.5) is 0 Å². The van der Waals surface area contributed by atoms with Crippen LogP contribution >= 0.6 is 12.4 Å². The number of ether oxygens (including phenoxy) is 2. The largest absolute Gasteiger partial charge is 0.493 e. The smallest absolute Gasteiger partial charge is 0.254 e. The summed E-state index contributed by atoms with van der Waals surface area (Å²) in [6.07, 6.45) is 4.64. The molecule has 0 radical (unpaired) electrons. The van der Waals surface area contributed by atoms with Crippen molar-refractivity contribution in [3.8, 4) is 11.5 Å². The Morgan fingerprint density at radius 3 is 2.68 bits per heavy atom. The normalized spacial score (nSPS) is 14.3. The lowest BCUT2D eigenvalue weighted by atomic mass is 10.0. The van der Waals surface area contributed by atoms with Crippen molar-refractivity contribution in [3.63, 3.8) is 0 Å². The molecule has 1 amide bonds. The van der Waals surface area contributed by atoms with Crippen molar-refractivity contribution in [1.82, 2.24) is 10.2 Å². The van der Waals surface area contributed by atoms with Gasteiger partial charge in [-0.25, -0.2) is 0 Å². The molecule has 0 bridgehead atoms. The predicted octanol–water partition coefficient (Wildman–Crippen LogP) is 3.29. The first-order valence-electron chi connectivity index (χ1n) is 8.64. The van der Waals surface area contributed by atoms with Crippen LogP contribution in [-0.2, 0) is 0 Å². The molecule has 0 saturated carbocycles. The Labute approximate surface area is 156 Å². The third-order valence-corrected chi connectivity index (χ3v) is 4.24. The fraction of sp³-hybridized carbons (Fsp3) is 0.526. The molecule has 0 aliphatic carbocycles. The average molecular weight is 369 g/mol. The Morgan fingerprint density at radius 2 is 2.08 bits per heavy atom. The number of rotatable bonds is 8. The van der Waals surface area contributed by atoms with Crippen molar-refractivity contribution in [2.45, 2.75) is 32.2 Å². The van der Waals surface area contributed by atoms with Crippen LogP contribution in [-0.4, -0.2) is 50.2 Å². The number of methoxy groups -OCH3 is 1. The van der Waals surface area contributed by atoms with E-state index in [0.29, 0.717) is 29.7 Å². The maximum Gasteiger partial charge on any atom is 0.254 e. The minimum absolute atomic E-state index is 0. The van der Waals surface area contributed by atoms with Crippen molar-refractivity contribution in [2.75, 3.05) is 33.4 Å². The molecular formula is C19H29ClN2O3. The summed E-state index contributed by atoms with van der Waals surface area (Å²) in [6, 6.07) is 5.68. The standard InChI is InChI=1S/C19H28N2O3.ClH/c1-4-12-21(16-8-10-20-11-9-16)19(22)15-6-7-17(24-13-5-2)18(14-15)23-3;/h5-7,14,16,20H,2,4,8-13H2,1,3H3;1H. The fourth-order valence-corrected chi connectivity index (χ4v) is 3.04. The van der Waals surface area contributed by atoms with Crippen molar-refractivity contribution in [3.05, 3.63) is 36.4 Å². The summed E-state index contributed by atoms with van der Waals surface area (Å²) in [6.45, 7) is 8.86. The topological polar surface area (TPSA) is 50.8 Å². The predicted molar refractivity (Wildman–Crippen MR) is 103 cm³/mol. The van der Waals surface area contributed by atoms with E-state index in [1.54, 1.807) is 25.3 Å². The molecule has 0 aromatic heterocycles. The van der Waals surface area contributed by atoms with Crippen molar-refractivity contribution in [2.24, 2.45) is 0 Å². The van der Waals surface area contributed by atoms with Gasteiger partial charge >= 0.3 is 0 Å². The number of carbonyl (C=O) groups excluding carboxylic acids is 1. The van der Waals surface area contributed by atoms with Gasteiger partial charge in [-0.1, -0.05) is 19.6 Å². The summed E-state index contributed by atoms with van der Waals surface area (Å²) >= 11 is 0. The number of amides is 1. The van der Waals surface area contributed by atoms with Gasteiger partial charge in [-0.05, 0) is 50.6 Å². The second-order valence-corrected chi connectivity index (χ2v) is 5.95. The lowest BCUT2D eigenvalue weighted by Crippen LogP contribution is -2.46. The van der Waals surface area contributed by atoms with Crippen LogP contribution in [0, 0.1) is 0 Å². The molecule has 0 atom stereocenters. The number of carbonyl (C=O) groups is 1. The van der Waals surface area contributed by atoms with Crippen LogP contribution in [0.5, 0.6) is 11.5 Å². The van der Waals surface area contributed by atoms with E-state index in [4.69, 9.17) is 9.47 Å². The molecule has 5 nitrogen and oxygen atoms in total. The second-order valence-electron chi connectivity index (χ2n) is 5.95. The summed E-state index contributed by atoms with van der Waals surface area (Å²) in [5, 5.41) is 3.35. The first-order chi connectivity index (χ1) is 11.7. The van der Waals surface area contributed by atoms with E-state index < -0.39 is 0 Å². The highest BCUT2D eigenvalue weighted by atomic mass is 35.5. The molecule has 0 unspecified atom stereocenters. The van der Waals surface area contributed by atoms with Gasteiger partial charge in [0.2, 0.25) is 0 Å². The molecule has 1 heterocycles. The Hall–Kier alpha value is -1.72. The summed E-state index contributed by atoms with van der Waals surface area (Å²) < 4.78 is 10.9. The van der Waals surface area contributed by atoms with Crippen LogP contribution in [0.3, 0.4) is 0 Å². The van der Waals surface area contributed by atoms with Gasteiger partial charge < -0.3 is 19.7 Å². The van der Waals surface area contributed by atoms with E-state index in [1.165, 1.54) is 0 Å². The van der Waals surface area contributed by atoms with Crippen molar-refractivity contribution in [1.29, 1.82) is 0 Å². The molecule has 6 heteroatoms. The maximum absolute atomic E-state index is 13.0. The maximum atomic E-state index is 13.0. The molecule has 25 heavy (non-hydrogen) atoms. The number of nitrogens with one attached hydrogen (secondary N) is 1. The van der Waals surface area contributed by atoms with E-state index in [0.717, 1.165) is 38.9 Å². The number of nitrogens with zero attached hydrogens (tertiary/aromatic N) is 1. The summed E-state index contributed by atoms with van der Waals surface area (Å²) in [4.78, 5) is 15.0. The first kappa shape index (κ1) is 21.3. The quantitative estimate of drug-likeness (QED) is 0.715. The molecule has 1 saturated heterocycles. The van der Waals surface area contributed by atoms with Gasteiger partial charge in [-0.3, -0.25) is 4.79 Å². The summed E-state index contributed by atoms with van der Waals surface area (Å²) in [7, 11) is 1.58. The van der Waals surface area contributed by atoms with Crippen LogP contribution in [0.1, 0.15) is 36.5 Å². The lowest BCUT2D eigenvalue weighted by molar-refractivity contribution is 0.0642.